The maximum Gasteiger partial charge on any atom is 0.225 e. The number of carbonyl (C=O) groups is 1. The average Bonchev–Trinajstić information content (AvgIpc) is 3.35. The molecule has 0 saturated carbocycles. The first-order valence-corrected chi connectivity index (χ1v) is 13.2. The van der Waals surface area contributed by atoms with Crippen molar-refractivity contribution in [2.24, 2.45) is 0 Å². The van der Waals surface area contributed by atoms with E-state index >= 15 is 0 Å². The van der Waals surface area contributed by atoms with Crippen molar-refractivity contribution in [3.05, 3.63) is 112 Å². The molecule has 2 aromatic heterocycles. The van der Waals surface area contributed by atoms with E-state index in [2.05, 4.69) is 32.4 Å². The molecule has 6 nitrogen and oxygen atoms in total. The number of hydrogen-bond acceptors (Lipinski definition) is 6. The molecule has 0 aliphatic carbocycles. The highest BCUT2D eigenvalue weighted by Gasteiger charge is 2.10. The van der Waals surface area contributed by atoms with Gasteiger partial charge in [-0.3, -0.25) is 4.79 Å². The zero-order valence-corrected chi connectivity index (χ0v) is 22.2. The number of halogens is 2. The SMILES string of the molecule is O=C(Cc1ccccc1)NCC#Cc1cc2ncnc(Nc3ccc(OCc4cccc(F)c4)c(Cl)c3)c2s1. The van der Waals surface area contributed by atoms with E-state index in [0.29, 0.717) is 28.6 Å². The number of aromatic nitrogens is 2. The van der Waals surface area contributed by atoms with Crippen molar-refractivity contribution < 1.29 is 13.9 Å². The number of rotatable bonds is 8. The second-order valence-electron chi connectivity index (χ2n) is 8.48. The molecule has 0 unspecified atom stereocenters. The maximum atomic E-state index is 13.4. The Balaban J connectivity index is 1.21. The van der Waals surface area contributed by atoms with Gasteiger partial charge in [-0.2, -0.15) is 0 Å². The summed E-state index contributed by atoms with van der Waals surface area (Å²) < 4.78 is 20.0. The Kier molecular flexibility index (Phi) is 8.32. The van der Waals surface area contributed by atoms with Crippen molar-refractivity contribution >= 4 is 50.6 Å². The molecule has 194 valence electrons. The third-order valence-corrected chi connectivity index (χ3v) is 6.92. The molecule has 5 rings (SSSR count). The van der Waals surface area contributed by atoms with Crippen molar-refractivity contribution in [1.82, 2.24) is 15.3 Å². The molecule has 2 heterocycles. The fourth-order valence-corrected chi connectivity index (χ4v) is 4.91. The molecule has 1 amide bonds. The monoisotopic (exact) mass is 556 g/mol. The van der Waals surface area contributed by atoms with Crippen LogP contribution in [0.5, 0.6) is 5.75 Å². The molecular formula is C30H22ClFN4O2S. The van der Waals surface area contributed by atoms with Crippen LogP contribution in [0.15, 0.2) is 85.2 Å². The normalized spacial score (nSPS) is 10.5. The molecule has 39 heavy (non-hydrogen) atoms. The van der Waals surface area contributed by atoms with Crippen molar-refractivity contribution in [2.75, 3.05) is 11.9 Å². The molecule has 0 fully saturated rings. The van der Waals surface area contributed by atoms with Crippen LogP contribution in [-0.2, 0) is 17.8 Å². The van der Waals surface area contributed by atoms with Crippen LogP contribution in [0.1, 0.15) is 16.0 Å². The van der Waals surface area contributed by atoms with E-state index in [1.165, 1.54) is 29.8 Å². The number of hydrogen-bond donors (Lipinski definition) is 2. The number of fused-ring (bicyclic) bond motifs is 1. The number of ether oxygens (including phenoxy) is 1. The Bertz CT molecular complexity index is 1680. The lowest BCUT2D eigenvalue weighted by Crippen LogP contribution is -2.25. The van der Waals surface area contributed by atoms with Crippen molar-refractivity contribution in [3.63, 3.8) is 0 Å². The van der Waals surface area contributed by atoms with Gasteiger partial charge in [0.1, 0.15) is 24.5 Å². The molecule has 0 bridgehead atoms. The number of anilines is 2. The van der Waals surface area contributed by atoms with Gasteiger partial charge in [0, 0.05) is 5.69 Å². The van der Waals surface area contributed by atoms with E-state index < -0.39 is 0 Å². The molecule has 0 radical (unpaired) electrons. The van der Waals surface area contributed by atoms with Crippen molar-refractivity contribution in [3.8, 4) is 17.6 Å². The van der Waals surface area contributed by atoms with Gasteiger partial charge in [-0.15, -0.1) is 11.3 Å². The highest BCUT2D eigenvalue weighted by atomic mass is 35.5. The molecule has 0 spiro atoms. The lowest BCUT2D eigenvalue weighted by Gasteiger charge is -2.11. The van der Waals surface area contributed by atoms with Gasteiger partial charge in [-0.25, -0.2) is 14.4 Å². The minimum absolute atomic E-state index is 0.0757. The third-order valence-electron chi connectivity index (χ3n) is 5.58. The summed E-state index contributed by atoms with van der Waals surface area (Å²) in [5, 5.41) is 6.51. The van der Waals surface area contributed by atoms with E-state index in [0.717, 1.165) is 26.3 Å². The quantitative estimate of drug-likeness (QED) is 0.213. The van der Waals surface area contributed by atoms with Crippen LogP contribution in [-0.4, -0.2) is 22.4 Å². The molecule has 5 aromatic rings. The van der Waals surface area contributed by atoms with Crippen molar-refractivity contribution in [1.29, 1.82) is 0 Å². The van der Waals surface area contributed by atoms with Gasteiger partial charge in [0.15, 0.2) is 5.82 Å². The molecule has 0 aliphatic rings. The van der Waals surface area contributed by atoms with Gasteiger partial charge in [-0.05, 0) is 47.5 Å². The van der Waals surface area contributed by atoms with Crippen LogP contribution in [0, 0.1) is 17.7 Å². The Morgan fingerprint density at radius 3 is 2.67 bits per heavy atom. The van der Waals surface area contributed by atoms with Gasteiger partial charge in [-0.1, -0.05) is 65.9 Å². The molecule has 0 aliphatic heterocycles. The minimum atomic E-state index is -0.314. The summed E-state index contributed by atoms with van der Waals surface area (Å²) in [7, 11) is 0. The van der Waals surface area contributed by atoms with Crippen molar-refractivity contribution in [2.45, 2.75) is 13.0 Å². The number of nitrogens with zero attached hydrogens (tertiary/aromatic N) is 2. The molecular weight excluding hydrogens is 535 g/mol. The predicted octanol–water partition coefficient (Wildman–Crippen LogP) is 6.52. The first kappa shape index (κ1) is 26.2. The highest BCUT2D eigenvalue weighted by molar-refractivity contribution is 7.20. The summed E-state index contributed by atoms with van der Waals surface area (Å²) in [6.45, 7) is 0.454. The number of amides is 1. The van der Waals surface area contributed by atoms with Gasteiger partial charge in [0.2, 0.25) is 5.91 Å². The second kappa shape index (κ2) is 12.4. The van der Waals surface area contributed by atoms with Crippen LogP contribution in [0.3, 0.4) is 0 Å². The van der Waals surface area contributed by atoms with Crippen LogP contribution >= 0.6 is 22.9 Å². The van der Waals surface area contributed by atoms with E-state index in [9.17, 15) is 9.18 Å². The molecule has 9 heteroatoms. The fraction of sp³-hybridized carbons (Fsp3) is 0.100. The molecule has 0 saturated heterocycles. The average molecular weight is 557 g/mol. The van der Waals surface area contributed by atoms with Crippen LogP contribution in [0.4, 0.5) is 15.9 Å². The summed E-state index contributed by atoms with van der Waals surface area (Å²) in [4.78, 5) is 21.7. The summed E-state index contributed by atoms with van der Waals surface area (Å²) in [6.07, 6.45) is 1.80. The molecule has 2 N–H and O–H groups in total. The fourth-order valence-electron chi connectivity index (χ4n) is 3.74. The first-order valence-electron chi connectivity index (χ1n) is 12.0. The lowest BCUT2D eigenvalue weighted by molar-refractivity contribution is -0.120. The zero-order valence-electron chi connectivity index (χ0n) is 20.6. The number of thiophene rings is 1. The Morgan fingerprint density at radius 1 is 1.00 bits per heavy atom. The lowest BCUT2D eigenvalue weighted by atomic mass is 10.1. The second-order valence-corrected chi connectivity index (χ2v) is 9.94. The van der Waals surface area contributed by atoms with E-state index in [1.54, 1.807) is 24.3 Å². The standard InChI is InChI=1S/C30H22ClFN4O2S/c31-25-16-23(11-12-27(25)38-18-21-8-4-9-22(32)14-21)36-30-29-26(34-19-35-30)17-24(39-29)10-5-13-33-28(37)15-20-6-2-1-3-7-20/h1-4,6-9,11-12,14,16-17,19H,13,15,18H2,(H,33,37)(H,34,35,36). The van der Waals surface area contributed by atoms with Gasteiger partial charge in [0.05, 0.1) is 33.1 Å². The van der Waals surface area contributed by atoms with E-state index in [-0.39, 0.29) is 24.9 Å². The van der Waals surface area contributed by atoms with Crippen LogP contribution < -0.4 is 15.4 Å². The largest absolute Gasteiger partial charge is 0.487 e. The zero-order chi connectivity index (χ0) is 27.0. The molecule has 3 aromatic carbocycles. The Hall–Kier alpha value is -4.45. The summed E-state index contributed by atoms with van der Waals surface area (Å²) >= 11 is 7.89. The third kappa shape index (κ3) is 7.11. The Labute approximate surface area is 233 Å². The number of benzene rings is 3. The minimum Gasteiger partial charge on any atom is -0.487 e. The molecule has 0 atom stereocenters. The van der Waals surface area contributed by atoms with E-state index in [1.807, 2.05) is 42.5 Å². The number of carbonyl (C=O) groups excluding carboxylic acids is 1. The van der Waals surface area contributed by atoms with Gasteiger partial charge >= 0.3 is 0 Å². The predicted molar refractivity (Wildman–Crippen MR) is 153 cm³/mol. The Morgan fingerprint density at radius 2 is 1.85 bits per heavy atom. The smallest absolute Gasteiger partial charge is 0.225 e. The summed E-state index contributed by atoms with van der Waals surface area (Å²) in [6, 6.07) is 23.0. The maximum absolute atomic E-state index is 13.4. The number of nitrogens with one attached hydrogen (secondary N) is 2. The van der Waals surface area contributed by atoms with Gasteiger partial charge in [0.25, 0.3) is 0 Å². The summed E-state index contributed by atoms with van der Waals surface area (Å²) in [5.74, 6) is 6.81. The topological polar surface area (TPSA) is 76.1 Å². The first-order chi connectivity index (χ1) is 19.0. The highest BCUT2D eigenvalue weighted by Crippen LogP contribution is 2.33. The van der Waals surface area contributed by atoms with E-state index in [4.69, 9.17) is 16.3 Å². The van der Waals surface area contributed by atoms with Crippen LogP contribution in [0.2, 0.25) is 5.02 Å². The van der Waals surface area contributed by atoms with Gasteiger partial charge < -0.3 is 15.4 Å². The summed E-state index contributed by atoms with van der Waals surface area (Å²) in [5.41, 5.74) is 3.15. The van der Waals surface area contributed by atoms with Crippen LogP contribution in [0.25, 0.3) is 10.2 Å².